The zero-order valence-electron chi connectivity index (χ0n) is 11.8. The number of furan rings is 1. The molecular weight excluding hydrogens is 282 g/mol. The largest absolute Gasteiger partial charge is 0.507 e. The van der Waals surface area contributed by atoms with E-state index in [2.05, 4.69) is 15.5 Å². The van der Waals surface area contributed by atoms with Crippen LogP contribution in [0.15, 0.2) is 52.2 Å². The Morgan fingerprint density at radius 1 is 1.32 bits per heavy atom. The van der Waals surface area contributed by atoms with Crippen LogP contribution in [-0.2, 0) is 0 Å². The first-order chi connectivity index (χ1) is 10.7. The van der Waals surface area contributed by atoms with Crippen LogP contribution in [0, 0.1) is 6.92 Å². The number of hydrogen-bond acceptors (Lipinski definition) is 5. The lowest BCUT2D eigenvalue weighted by Gasteiger charge is -1.97. The third-order valence-corrected chi connectivity index (χ3v) is 3.22. The molecular formula is C16H13N3O3. The highest BCUT2D eigenvalue weighted by Gasteiger charge is 2.19. The van der Waals surface area contributed by atoms with Gasteiger partial charge in [0, 0.05) is 18.0 Å². The topological polar surface area (TPSA) is 87.7 Å². The maximum Gasteiger partial charge on any atom is 0.307 e. The maximum atomic E-state index is 12.1. The Labute approximate surface area is 126 Å². The lowest BCUT2D eigenvalue weighted by molar-refractivity contribution is 0.0929. The van der Waals surface area contributed by atoms with Gasteiger partial charge >= 0.3 is 5.91 Å². The van der Waals surface area contributed by atoms with Gasteiger partial charge in [0.25, 0.3) is 0 Å². The zero-order valence-corrected chi connectivity index (χ0v) is 11.8. The molecule has 3 aromatic rings. The highest BCUT2D eigenvalue weighted by atomic mass is 16.3. The van der Waals surface area contributed by atoms with E-state index >= 15 is 0 Å². The van der Waals surface area contributed by atoms with Crippen LogP contribution >= 0.6 is 0 Å². The summed E-state index contributed by atoms with van der Waals surface area (Å²) in [5, 5.41) is 14.3. The first-order valence-corrected chi connectivity index (χ1v) is 6.61. The van der Waals surface area contributed by atoms with E-state index in [4.69, 9.17) is 4.42 Å². The van der Waals surface area contributed by atoms with Gasteiger partial charge in [-0.2, -0.15) is 5.10 Å². The minimum absolute atomic E-state index is 0.0816. The second-order valence-electron chi connectivity index (χ2n) is 4.69. The second kappa shape index (κ2) is 5.69. The zero-order chi connectivity index (χ0) is 15.5. The van der Waals surface area contributed by atoms with Crippen LogP contribution in [0.4, 0.5) is 0 Å². The van der Waals surface area contributed by atoms with Crippen molar-refractivity contribution in [3.05, 3.63) is 59.6 Å². The number of aromatic hydroxyl groups is 1. The summed E-state index contributed by atoms with van der Waals surface area (Å²) in [7, 11) is 0. The molecule has 2 heterocycles. The minimum atomic E-state index is -0.474. The summed E-state index contributed by atoms with van der Waals surface area (Å²) in [5.41, 5.74) is 4.25. The number of phenols is 1. The number of hydrogen-bond donors (Lipinski definition) is 2. The van der Waals surface area contributed by atoms with E-state index in [1.165, 1.54) is 6.21 Å². The molecule has 0 atom stereocenters. The second-order valence-corrected chi connectivity index (χ2v) is 4.69. The molecule has 0 aliphatic heterocycles. The van der Waals surface area contributed by atoms with E-state index in [9.17, 15) is 9.90 Å². The summed E-state index contributed by atoms with van der Waals surface area (Å²) >= 11 is 0. The highest BCUT2D eigenvalue weighted by Crippen LogP contribution is 2.32. The van der Waals surface area contributed by atoms with Gasteiger partial charge < -0.3 is 9.52 Å². The molecule has 1 amide bonds. The summed E-state index contributed by atoms with van der Waals surface area (Å²) in [6.45, 7) is 1.72. The van der Waals surface area contributed by atoms with Gasteiger partial charge in [0.1, 0.15) is 11.3 Å². The average molecular weight is 295 g/mol. The summed E-state index contributed by atoms with van der Waals surface area (Å²) in [6, 6.07) is 8.43. The molecule has 0 bridgehead atoms. The van der Waals surface area contributed by atoms with Crippen LogP contribution in [0.25, 0.3) is 11.0 Å². The lowest BCUT2D eigenvalue weighted by Crippen LogP contribution is -2.17. The molecule has 0 unspecified atom stereocenters. The van der Waals surface area contributed by atoms with E-state index in [-0.39, 0.29) is 11.5 Å². The smallest absolute Gasteiger partial charge is 0.307 e. The Bertz CT molecular complexity index is 854. The first-order valence-electron chi connectivity index (χ1n) is 6.61. The highest BCUT2D eigenvalue weighted by molar-refractivity contribution is 6.00. The number of aryl methyl sites for hydroxylation is 1. The van der Waals surface area contributed by atoms with Gasteiger partial charge in [-0.05, 0) is 36.8 Å². The molecule has 0 radical (unpaired) electrons. The number of benzene rings is 1. The number of carbonyl (C=O) groups excluding carboxylic acids is 1. The van der Waals surface area contributed by atoms with Gasteiger partial charge in [0.2, 0.25) is 0 Å². The van der Waals surface area contributed by atoms with Crippen molar-refractivity contribution in [2.24, 2.45) is 5.10 Å². The average Bonchev–Trinajstić information content (AvgIpc) is 2.87. The van der Waals surface area contributed by atoms with E-state index in [0.717, 1.165) is 5.56 Å². The third-order valence-electron chi connectivity index (χ3n) is 3.22. The Hall–Kier alpha value is -3.15. The number of fused-ring (bicyclic) bond motifs is 1. The fraction of sp³-hybridized carbons (Fsp3) is 0.0625. The molecule has 0 fully saturated rings. The normalized spacial score (nSPS) is 11.1. The van der Waals surface area contributed by atoms with Crippen LogP contribution < -0.4 is 5.43 Å². The number of rotatable bonds is 3. The molecule has 2 aromatic heterocycles. The Balaban J connectivity index is 1.82. The summed E-state index contributed by atoms with van der Waals surface area (Å²) in [4.78, 5) is 16.0. The Kier molecular flexibility index (Phi) is 3.57. The minimum Gasteiger partial charge on any atom is -0.507 e. The molecule has 110 valence electrons. The number of carbonyl (C=O) groups is 1. The molecule has 6 heteroatoms. The molecule has 1 aromatic carbocycles. The SMILES string of the molecule is Cc1c(C(=O)N/N=C/c2ccncc2)oc2cccc(O)c12. The van der Waals surface area contributed by atoms with Crippen molar-refractivity contribution in [2.45, 2.75) is 6.92 Å². The van der Waals surface area contributed by atoms with Crippen molar-refractivity contribution in [3.8, 4) is 5.75 Å². The van der Waals surface area contributed by atoms with Gasteiger partial charge in [-0.15, -0.1) is 0 Å². The molecule has 0 spiro atoms. The van der Waals surface area contributed by atoms with Crippen LogP contribution in [-0.4, -0.2) is 22.2 Å². The summed E-state index contributed by atoms with van der Waals surface area (Å²) in [5.74, 6) is -0.264. The first kappa shape index (κ1) is 13.8. The number of aromatic nitrogens is 1. The fourth-order valence-corrected chi connectivity index (χ4v) is 2.16. The van der Waals surface area contributed by atoms with Gasteiger partial charge in [-0.1, -0.05) is 6.07 Å². The van der Waals surface area contributed by atoms with Gasteiger partial charge in [-0.25, -0.2) is 5.43 Å². The summed E-state index contributed by atoms with van der Waals surface area (Å²) < 4.78 is 5.49. The molecule has 0 saturated heterocycles. The van der Waals surface area contributed by atoms with Crippen molar-refractivity contribution >= 4 is 23.1 Å². The van der Waals surface area contributed by atoms with E-state index in [0.29, 0.717) is 16.5 Å². The predicted octanol–water partition coefficient (Wildman–Crippen LogP) is 2.61. The molecule has 0 saturated carbocycles. The predicted molar refractivity (Wildman–Crippen MR) is 81.9 cm³/mol. The van der Waals surface area contributed by atoms with Gasteiger partial charge in [0.05, 0.1) is 11.6 Å². The molecule has 3 rings (SSSR count). The van der Waals surface area contributed by atoms with Crippen LogP contribution in [0.2, 0.25) is 0 Å². The Morgan fingerprint density at radius 3 is 2.82 bits per heavy atom. The standard InChI is InChI=1S/C16H13N3O3/c1-10-14-12(20)3-2-4-13(14)22-15(10)16(21)19-18-9-11-5-7-17-8-6-11/h2-9,20H,1H3,(H,19,21)/b18-9+. The van der Waals surface area contributed by atoms with Gasteiger partial charge in [0.15, 0.2) is 5.76 Å². The quantitative estimate of drug-likeness (QED) is 0.574. The Morgan fingerprint density at radius 2 is 2.09 bits per heavy atom. The van der Waals surface area contributed by atoms with Crippen LogP contribution in [0.5, 0.6) is 5.75 Å². The summed E-state index contributed by atoms with van der Waals surface area (Å²) in [6.07, 6.45) is 4.78. The molecule has 0 aliphatic rings. The fourth-order valence-electron chi connectivity index (χ4n) is 2.16. The number of pyridine rings is 1. The number of nitrogens with one attached hydrogen (secondary N) is 1. The van der Waals surface area contributed by atoms with Crippen molar-refractivity contribution in [2.75, 3.05) is 0 Å². The molecule has 6 nitrogen and oxygen atoms in total. The van der Waals surface area contributed by atoms with Crippen LogP contribution in [0.1, 0.15) is 21.7 Å². The number of phenolic OH excluding ortho intramolecular Hbond substituents is 1. The molecule has 2 N–H and O–H groups in total. The third kappa shape index (κ3) is 2.54. The van der Waals surface area contributed by atoms with Gasteiger partial charge in [-0.3, -0.25) is 9.78 Å². The number of amides is 1. The van der Waals surface area contributed by atoms with Crippen LogP contribution in [0.3, 0.4) is 0 Å². The monoisotopic (exact) mass is 295 g/mol. The van der Waals surface area contributed by atoms with Crippen molar-refractivity contribution < 1.29 is 14.3 Å². The maximum absolute atomic E-state index is 12.1. The van der Waals surface area contributed by atoms with Crippen molar-refractivity contribution in [3.63, 3.8) is 0 Å². The lowest BCUT2D eigenvalue weighted by atomic mass is 10.1. The molecule has 22 heavy (non-hydrogen) atoms. The van der Waals surface area contributed by atoms with E-state index < -0.39 is 5.91 Å². The van der Waals surface area contributed by atoms with Crippen molar-refractivity contribution in [1.29, 1.82) is 0 Å². The van der Waals surface area contributed by atoms with Crippen molar-refractivity contribution in [1.82, 2.24) is 10.4 Å². The number of hydrazone groups is 1. The van der Waals surface area contributed by atoms with E-state index in [1.807, 2.05) is 0 Å². The number of nitrogens with zero attached hydrogens (tertiary/aromatic N) is 2. The van der Waals surface area contributed by atoms with E-state index in [1.54, 1.807) is 49.6 Å². The molecule has 0 aliphatic carbocycles.